The molecule has 3 rings (SSSR count). The average molecular weight is 519 g/mol. The molecule has 1 aromatic heterocycles. The van der Waals surface area contributed by atoms with Crippen LogP contribution in [-0.2, 0) is 20.2 Å². The molecule has 0 spiro atoms. The van der Waals surface area contributed by atoms with Crippen LogP contribution in [0.4, 0.5) is 5.82 Å². The van der Waals surface area contributed by atoms with Gasteiger partial charge in [0.15, 0.2) is 0 Å². The first kappa shape index (κ1) is 26.7. The van der Waals surface area contributed by atoms with E-state index in [0.29, 0.717) is 16.6 Å². The van der Waals surface area contributed by atoms with Gasteiger partial charge in [0, 0.05) is 22.5 Å². The first-order valence-electron chi connectivity index (χ1n) is 11.1. The number of anilines is 1. The Bertz CT molecular complexity index is 1280. The van der Waals surface area contributed by atoms with E-state index >= 15 is 0 Å². The van der Waals surface area contributed by atoms with Crippen LogP contribution in [0.25, 0.3) is 5.69 Å². The van der Waals surface area contributed by atoms with Gasteiger partial charge in [-0.15, -0.1) is 0 Å². The summed E-state index contributed by atoms with van der Waals surface area (Å²) in [6, 6.07) is 14.5. The van der Waals surface area contributed by atoms with E-state index < -0.39 is 22.0 Å². The van der Waals surface area contributed by atoms with Gasteiger partial charge in [0.2, 0.25) is 15.9 Å². The van der Waals surface area contributed by atoms with Crippen molar-refractivity contribution in [1.82, 2.24) is 14.1 Å². The number of amides is 1. The van der Waals surface area contributed by atoms with E-state index in [1.54, 1.807) is 43.8 Å². The molecule has 0 aliphatic heterocycles. The second-order valence-corrected chi connectivity index (χ2v) is 11.7. The molecule has 35 heavy (non-hydrogen) atoms. The Balaban J connectivity index is 1.91. The highest BCUT2D eigenvalue weighted by atomic mass is 35.5. The van der Waals surface area contributed by atoms with Crippen LogP contribution in [0.2, 0.25) is 5.02 Å². The van der Waals surface area contributed by atoms with Gasteiger partial charge in [0.1, 0.15) is 11.6 Å². The lowest BCUT2D eigenvalue weighted by atomic mass is 9.92. The third-order valence-corrected chi connectivity index (χ3v) is 7.65. The minimum atomic E-state index is -3.91. The number of ether oxygens (including phenoxy) is 1. The second-order valence-electron chi connectivity index (χ2n) is 9.42. The van der Waals surface area contributed by atoms with Crippen molar-refractivity contribution in [3.8, 4) is 11.4 Å². The Labute approximate surface area is 211 Å². The van der Waals surface area contributed by atoms with Crippen LogP contribution >= 0.6 is 11.6 Å². The van der Waals surface area contributed by atoms with E-state index in [2.05, 4.69) is 5.32 Å². The maximum absolute atomic E-state index is 13.2. The minimum Gasteiger partial charge on any atom is -0.497 e. The fourth-order valence-corrected chi connectivity index (χ4v) is 5.09. The molecule has 1 heterocycles. The summed E-state index contributed by atoms with van der Waals surface area (Å²) in [7, 11) is -2.33. The molecule has 0 radical (unpaired) electrons. The van der Waals surface area contributed by atoms with Gasteiger partial charge in [-0.3, -0.25) is 4.79 Å². The molecule has 0 aliphatic carbocycles. The molecule has 0 fully saturated rings. The minimum absolute atomic E-state index is 0.0710. The molecule has 0 aliphatic rings. The molecule has 8 nitrogen and oxygen atoms in total. The van der Waals surface area contributed by atoms with Gasteiger partial charge in [-0.25, -0.2) is 13.1 Å². The van der Waals surface area contributed by atoms with Crippen LogP contribution in [0.15, 0.2) is 59.5 Å². The lowest BCUT2D eigenvalue weighted by Gasteiger charge is -2.25. The number of carbonyl (C=O) groups excluding carboxylic acids is 1. The molecule has 1 amide bonds. The Hall–Kier alpha value is -2.88. The van der Waals surface area contributed by atoms with Crippen molar-refractivity contribution in [2.75, 3.05) is 19.0 Å². The van der Waals surface area contributed by atoms with Gasteiger partial charge in [-0.1, -0.05) is 32.4 Å². The molecule has 0 atom stereocenters. The monoisotopic (exact) mass is 518 g/mol. The Kier molecular flexibility index (Phi) is 7.93. The van der Waals surface area contributed by atoms with E-state index in [9.17, 15) is 13.2 Å². The van der Waals surface area contributed by atoms with Crippen LogP contribution in [0.5, 0.6) is 5.75 Å². The van der Waals surface area contributed by atoms with Crippen LogP contribution < -0.4 is 10.1 Å². The molecule has 10 heteroatoms. The molecule has 0 unspecified atom stereocenters. The summed E-state index contributed by atoms with van der Waals surface area (Å²) in [5.74, 6) is 0.659. The van der Waals surface area contributed by atoms with E-state index in [1.807, 2.05) is 32.9 Å². The number of hydrogen-bond acceptors (Lipinski definition) is 5. The lowest BCUT2D eigenvalue weighted by molar-refractivity contribution is -0.116. The molecule has 3 aromatic rings. The maximum atomic E-state index is 13.2. The number of rotatable bonds is 8. The van der Waals surface area contributed by atoms with Gasteiger partial charge < -0.3 is 10.1 Å². The Morgan fingerprint density at radius 2 is 1.71 bits per heavy atom. The number of aromatic nitrogens is 2. The molecule has 2 aromatic carbocycles. The average Bonchev–Trinajstić information content (AvgIpc) is 3.21. The SMILES string of the molecule is COc1ccc(-n2nc(C(C)(C)C)cc2NC(=O)CN(C(C)C)S(=O)(=O)c2ccc(Cl)cc2)cc1. The number of carbonyl (C=O) groups is 1. The van der Waals surface area contributed by atoms with Crippen molar-refractivity contribution in [2.45, 2.75) is 51.0 Å². The van der Waals surface area contributed by atoms with Gasteiger partial charge >= 0.3 is 0 Å². The number of nitrogens with one attached hydrogen (secondary N) is 1. The quantitative estimate of drug-likeness (QED) is 0.459. The molecule has 0 saturated heterocycles. The highest BCUT2D eigenvalue weighted by molar-refractivity contribution is 7.89. The van der Waals surface area contributed by atoms with Crippen molar-refractivity contribution < 1.29 is 17.9 Å². The molecular weight excluding hydrogens is 488 g/mol. The van der Waals surface area contributed by atoms with Crippen molar-refractivity contribution in [3.05, 3.63) is 65.3 Å². The van der Waals surface area contributed by atoms with Crippen LogP contribution in [-0.4, -0.2) is 48.1 Å². The van der Waals surface area contributed by atoms with E-state index in [1.165, 1.54) is 24.3 Å². The van der Waals surface area contributed by atoms with Crippen molar-refractivity contribution in [2.24, 2.45) is 0 Å². The number of benzene rings is 2. The highest BCUT2D eigenvalue weighted by Gasteiger charge is 2.30. The summed E-state index contributed by atoms with van der Waals surface area (Å²) < 4.78 is 34.5. The third kappa shape index (κ3) is 6.22. The number of nitrogens with zero attached hydrogens (tertiary/aromatic N) is 3. The number of halogens is 1. The Morgan fingerprint density at radius 1 is 1.11 bits per heavy atom. The zero-order chi connectivity index (χ0) is 26.0. The molecule has 0 saturated carbocycles. The summed E-state index contributed by atoms with van der Waals surface area (Å²) in [5.41, 5.74) is 1.24. The van der Waals surface area contributed by atoms with Crippen molar-refractivity contribution >= 4 is 33.3 Å². The predicted octanol–water partition coefficient (Wildman–Crippen LogP) is 4.87. The van der Waals surface area contributed by atoms with E-state index in [-0.39, 0.29) is 16.9 Å². The van der Waals surface area contributed by atoms with Gasteiger partial charge in [-0.2, -0.15) is 9.40 Å². The smallest absolute Gasteiger partial charge is 0.243 e. The predicted molar refractivity (Wildman–Crippen MR) is 138 cm³/mol. The van der Waals surface area contributed by atoms with Crippen LogP contribution in [0.1, 0.15) is 40.3 Å². The molecular formula is C25H31ClN4O4S. The zero-order valence-corrected chi connectivity index (χ0v) is 22.3. The van der Waals surface area contributed by atoms with Crippen molar-refractivity contribution in [1.29, 1.82) is 0 Å². The first-order chi connectivity index (χ1) is 16.3. The number of methoxy groups -OCH3 is 1. The zero-order valence-electron chi connectivity index (χ0n) is 20.7. The summed E-state index contributed by atoms with van der Waals surface area (Å²) in [4.78, 5) is 13.2. The second kappa shape index (κ2) is 10.4. The van der Waals surface area contributed by atoms with E-state index in [0.717, 1.165) is 15.7 Å². The summed E-state index contributed by atoms with van der Waals surface area (Å²) >= 11 is 5.91. The molecule has 1 N–H and O–H groups in total. The third-order valence-electron chi connectivity index (χ3n) is 5.36. The molecule has 188 valence electrons. The van der Waals surface area contributed by atoms with Gasteiger partial charge in [0.05, 0.1) is 29.9 Å². The molecule has 0 bridgehead atoms. The van der Waals surface area contributed by atoms with Gasteiger partial charge in [0.25, 0.3) is 0 Å². The fraction of sp³-hybridized carbons (Fsp3) is 0.360. The fourth-order valence-electron chi connectivity index (χ4n) is 3.37. The summed E-state index contributed by atoms with van der Waals surface area (Å²) in [6.45, 7) is 9.16. The topological polar surface area (TPSA) is 93.5 Å². The highest BCUT2D eigenvalue weighted by Crippen LogP contribution is 2.27. The number of sulfonamides is 1. The van der Waals surface area contributed by atoms with Crippen LogP contribution in [0.3, 0.4) is 0 Å². The number of hydrogen-bond donors (Lipinski definition) is 1. The van der Waals surface area contributed by atoms with Crippen molar-refractivity contribution in [3.63, 3.8) is 0 Å². The summed E-state index contributed by atoms with van der Waals surface area (Å²) in [5, 5.41) is 7.98. The first-order valence-corrected chi connectivity index (χ1v) is 13.0. The van der Waals surface area contributed by atoms with E-state index in [4.69, 9.17) is 21.4 Å². The van der Waals surface area contributed by atoms with Crippen LogP contribution in [0, 0.1) is 0 Å². The standard InChI is InChI=1S/C25H31ClN4O4S/c1-17(2)29(35(32,33)21-13-7-18(26)8-14-21)16-24(31)27-23-15-22(25(3,4)5)28-30(23)19-9-11-20(34-6)12-10-19/h7-15,17H,16H2,1-6H3,(H,27,31). The lowest BCUT2D eigenvalue weighted by Crippen LogP contribution is -2.42. The Morgan fingerprint density at radius 3 is 2.23 bits per heavy atom. The largest absolute Gasteiger partial charge is 0.497 e. The maximum Gasteiger partial charge on any atom is 0.243 e. The normalized spacial score (nSPS) is 12.3. The summed E-state index contributed by atoms with van der Waals surface area (Å²) in [6.07, 6.45) is 0. The van der Waals surface area contributed by atoms with Gasteiger partial charge in [-0.05, 0) is 62.4 Å².